The van der Waals surface area contributed by atoms with Crippen molar-refractivity contribution in [2.45, 2.75) is 0 Å². The van der Waals surface area contributed by atoms with Crippen molar-refractivity contribution in [1.29, 1.82) is 0 Å². The molecule has 0 saturated carbocycles. The minimum atomic E-state index is 0.825. The van der Waals surface area contributed by atoms with Gasteiger partial charge in [-0.3, -0.25) is 15.8 Å². The van der Waals surface area contributed by atoms with E-state index in [1.807, 2.05) is 12.1 Å². The zero-order valence-corrected chi connectivity index (χ0v) is 30.4. The van der Waals surface area contributed by atoms with Crippen LogP contribution in [-0.4, -0.2) is 4.57 Å². The predicted molar refractivity (Wildman–Crippen MR) is 233 cm³/mol. The van der Waals surface area contributed by atoms with Gasteiger partial charge in [-0.05, 0) is 83.9 Å². The Morgan fingerprint density at radius 3 is 2.05 bits per heavy atom. The van der Waals surface area contributed by atoms with Crippen molar-refractivity contribution in [2.24, 2.45) is 0 Å². The van der Waals surface area contributed by atoms with Crippen LogP contribution < -0.4 is 20.7 Å². The maximum absolute atomic E-state index is 6.51. The molecule has 2 aliphatic rings. The molecule has 0 radical (unpaired) electrons. The fourth-order valence-corrected chi connectivity index (χ4v) is 8.42. The van der Waals surface area contributed by atoms with E-state index in [-0.39, 0.29) is 0 Å². The Morgan fingerprint density at radius 2 is 1.18 bits per heavy atom. The topological polar surface area (TPSA) is 48.6 Å². The molecule has 266 valence electrons. The molecule has 0 spiro atoms. The van der Waals surface area contributed by atoms with Gasteiger partial charge in [-0.1, -0.05) is 122 Å². The molecule has 56 heavy (non-hydrogen) atoms. The van der Waals surface area contributed by atoms with Crippen LogP contribution in [-0.2, 0) is 0 Å². The summed E-state index contributed by atoms with van der Waals surface area (Å²) in [7, 11) is 0. The maximum Gasteiger partial charge on any atom is 0.161 e. The van der Waals surface area contributed by atoms with Crippen molar-refractivity contribution >= 4 is 73.2 Å². The van der Waals surface area contributed by atoms with E-state index in [0.717, 1.165) is 101 Å². The van der Waals surface area contributed by atoms with Crippen LogP contribution in [0, 0.1) is 0 Å². The highest BCUT2D eigenvalue weighted by Crippen LogP contribution is 2.50. The minimum absolute atomic E-state index is 0.825. The van der Waals surface area contributed by atoms with E-state index in [1.165, 1.54) is 0 Å². The second-order valence-corrected chi connectivity index (χ2v) is 14.1. The molecule has 0 unspecified atom stereocenters. The molecule has 0 atom stereocenters. The minimum Gasteiger partial charge on any atom is -0.454 e. The van der Waals surface area contributed by atoms with Crippen molar-refractivity contribution in [3.63, 3.8) is 0 Å². The average molecular weight is 722 g/mol. The lowest BCUT2D eigenvalue weighted by molar-refractivity contribution is 0.673. The molecule has 0 saturated heterocycles. The van der Waals surface area contributed by atoms with E-state index in [1.54, 1.807) is 0 Å². The van der Waals surface area contributed by atoms with Gasteiger partial charge in [0.05, 0.1) is 28.3 Å². The van der Waals surface area contributed by atoms with Crippen LogP contribution in [0.15, 0.2) is 199 Å². The molecule has 6 nitrogen and oxygen atoms in total. The number of hydrogen-bond donors (Lipinski definition) is 2. The van der Waals surface area contributed by atoms with E-state index in [9.17, 15) is 0 Å². The van der Waals surface area contributed by atoms with Crippen LogP contribution >= 0.6 is 0 Å². The van der Waals surface area contributed by atoms with Crippen LogP contribution in [0.1, 0.15) is 11.1 Å². The number of rotatable bonds is 3. The summed E-state index contributed by atoms with van der Waals surface area (Å²) in [5.74, 6) is 0.825. The third-order valence-corrected chi connectivity index (χ3v) is 10.9. The van der Waals surface area contributed by atoms with Crippen molar-refractivity contribution in [2.75, 3.05) is 15.2 Å². The normalized spacial score (nSPS) is 15.1. The molecule has 2 N–H and O–H groups in total. The number of hydrazine groups is 1. The fourth-order valence-electron chi connectivity index (χ4n) is 8.42. The van der Waals surface area contributed by atoms with Gasteiger partial charge in [-0.25, -0.2) is 0 Å². The second kappa shape index (κ2) is 12.7. The van der Waals surface area contributed by atoms with Gasteiger partial charge >= 0.3 is 0 Å². The van der Waals surface area contributed by atoms with Crippen LogP contribution in [0.3, 0.4) is 0 Å². The smallest absolute Gasteiger partial charge is 0.161 e. The van der Waals surface area contributed by atoms with E-state index in [0.29, 0.717) is 0 Å². The molecule has 2 aromatic heterocycles. The molecule has 0 aliphatic carbocycles. The number of fused-ring (bicyclic) bond motifs is 10. The third kappa shape index (κ3) is 4.90. The Bertz CT molecular complexity index is 3080. The number of anilines is 5. The summed E-state index contributed by atoms with van der Waals surface area (Å²) in [6, 6.07) is 59.5. The Balaban J connectivity index is 1.09. The molecule has 0 amide bonds. The molecule has 9 aromatic rings. The molecule has 11 rings (SSSR count). The van der Waals surface area contributed by atoms with Gasteiger partial charge in [-0.15, -0.1) is 0 Å². The number of hydrogen-bond acceptors (Lipinski definition) is 5. The quantitative estimate of drug-likeness (QED) is 0.190. The highest BCUT2D eigenvalue weighted by molar-refractivity contribution is 6.16. The summed E-state index contributed by atoms with van der Waals surface area (Å²) in [5, 5.41) is 2.17. The van der Waals surface area contributed by atoms with Crippen LogP contribution in [0.5, 0.6) is 0 Å². The maximum atomic E-state index is 6.51. The lowest BCUT2D eigenvalue weighted by atomic mass is 9.98. The number of para-hydroxylation sites is 6. The second-order valence-electron chi connectivity index (χ2n) is 14.1. The first kappa shape index (κ1) is 31.8. The zero-order valence-electron chi connectivity index (χ0n) is 30.4. The number of nitrogens with zero attached hydrogens (tertiary/aromatic N) is 3. The van der Waals surface area contributed by atoms with Gasteiger partial charge in [0.2, 0.25) is 0 Å². The first-order chi connectivity index (χ1) is 27.7. The van der Waals surface area contributed by atoms with Gasteiger partial charge in [0.15, 0.2) is 5.58 Å². The van der Waals surface area contributed by atoms with E-state index in [4.69, 9.17) is 11.0 Å². The first-order valence-corrected chi connectivity index (χ1v) is 18.8. The number of furan rings is 1. The molecule has 7 aromatic carbocycles. The molecular formula is C50H35N5O. The molecular weight excluding hydrogens is 687 g/mol. The lowest BCUT2D eigenvalue weighted by Crippen LogP contribution is -2.34. The van der Waals surface area contributed by atoms with Crippen molar-refractivity contribution < 1.29 is 4.42 Å². The summed E-state index contributed by atoms with van der Waals surface area (Å²) in [6.45, 7) is 4.78. The number of allylic oxidation sites excluding steroid dienone is 2. The molecule has 6 heteroatoms. The third-order valence-electron chi connectivity index (χ3n) is 10.9. The van der Waals surface area contributed by atoms with Gasteiger partial charge in [-0.2, -0.15) is 0 Å². The van der Waals surface area contributed by atoms with E-state index in [2.05, 4.69) is 201 Å². The summed E-state index contributed by atoms with van der Waals surface area (Å²) in [4.78, 5) is 4.57. The number of aromatic nitrogens is 1. The Kier molecular flexibility index (Phi) is 7.22. The van der Waals surface area contributed by atoms with Gasteiger partial charge < -0.3 is 13.9 Å². The van der Waals surface area contributed by atoms with Gasteiger partial charge in [0.25, 0.3) is 0 Å². The van der Waals surface area contributed by atoms with E-state index < -0.39 is 0 Å². The monoisotopic (exact) mass is 721 g/mol. The summed E-state index contributed by atoms with van der Waals surface area (Å²) in [6.07, 6.45) is 6.38. The van der Waals surface area contributed by atoms with Crippen LogP contribution in [0.2, 0.25) is 0 Å². The Hall–Kier alpha value is -7.70. The Morgan fingerprint density at radius 1 is 0.518 bits per heavy atom. The highest BCUT2D eigenvalue weighted by Gasteiger charge is 2.31. The average Bonchev–Trinajstić information content (AvgIpc) is 3.75. The van der Waals surface area contributed by atoms with Crippen molar-refractivity contribution in [3.8, 4) is 16.8 Å². The fraction of sp³-hybridized carbons (Fsp3) is 0. The predicted octanol–water partition coefficient (Wildman–Crippen LogP) is 12.9. The lowest BCUT2D eigenvalue weighted by Gasteiger charge is -2.31. The molecule has 2 aliphatic heterocycles. The van der Waals surface area contributed by atoms with Crippen LogP contribution in [0.4, 0.5) is 28.4 Å². The van der Waals surface area contributed by atoms with Crippen molar-refractivity contribution in [1.82, 2.24) is 9.99 Å². The summed E-state index contributed by atoms with van der Waals surface area (Å²) < 4.78 is 8.84. The standard InChI is InChI=1S/C50H35N5O/c1-33-37-20-5-9-26-43(37)54(35-18-15-19-36(32-35)55-44-27-10-6-23-40(44)50-49(55)41-24-7-13-30-47(41)56-50)46-29-12-11-28-45(46)53(33)48-31-14-17-34-16-2-3-21-38(34)39-22-4-8-25-42(39)51-52-48/h2-32,51-52H,1H2/b17-14-,48-31+. The van der Waals surface area contributed by atoms with Gasteiger partial charge in [0, 0.05) is 39.0 Å². The number of nitrogens with one attached hydrogen (secondary N) is 2. The van der Waals surface area contributed by atoms with Gasteiger partial charge in [0.1, 0.15) is 16.9 Å². The van der Waals surface area contributed by atoms with E-state index >= 15 is 0 Å². The SMILES string of the molecule is C=C1c2ccccc2N(c2cccc(-n3c4ccccc4c4oc5ccccc5c43)c2)c2ccccc2N1/C1=C/C=C\c2ccccc2-c2ccccc2NN1. The van der Waals surface area contributed by atoms with Crippen molar-refractivity contribution in [3.05, 3.63) is 206 Å². The highest BCUT2D eigenvalue weighted by atomic mass is 16.3. The zero-order chi connectivity index (χ0) is 37.2. The first-order valence-electron chi connectivity index (χ1n) is 18.8. The van der Waals surface area contributed by atoms with Crippen LogP contribution in [0.25, 0.3) is 61.6 Å². The summed E-state index contributed by atoms with van der Waals surface area (Å²) >= 11 is 0. The largest absolute Gasteiger partial charge is 0.454 e. The molecule has 0 fully saturated rings. The summed E-state index contributed by atoms with van der Waals surface area (Å²) in [5.41, 5.74) is 22.4. The molecule has 0 bridgehead atoms. The molecule has 4 heterocycles. The number of benzene rings is 7. The Labute approximate surface area is 324 Å².